The highest BCUT2D eigenvalue weighted by Gasteiger charge is 2.21. The topological polar surface area (TPSA) is 116 Å². The van der Waals surface area contributed by atoms with Crippen LogP contribution in [-0.2, 0) is 14.8 Å². The van der Waals surface area contributed by atoms with Crippen LogP contribution in [0.2, 0.25) is 0 Å². The van der Waals surface area contributed by atoms with E-state index in [-0.39, 0.29) is 24.9 Å². The van der Waals surface area contributed by atoms with Gasteiger partial charge in [0.1, 0.15) is 6.54 Å². The number of hydrogen-bond donors (Lipinski definition) is 3. The molecule has 0 spiro atoms. The number of hydrogen-bond acceptors (Lipinski definition) is 4. The number of sulfonamides is 1. The molecule has 118 valence electrons. The van der Waals surface area contributed by atoms with E-state index in [1.54, 1.807) is 13.8 Å². The zero-order chi connectivity index (χ0) is 15.8. The summed E-state index contributed by atoms with van der Waals surface area (Å²) in [5, 5.41) is 11.2. The first kappa shape index (κ1) is 18.7. The number of nitrogens with one attached hydrogen (secondary N) is 2. The SMILES string of the molecule is CCNS(=O)(=O)CCNC(=O)N(CC(=O)O)C(C)CC. The molecule has 0 fully saturated rings. The molecular formula is C11H23N3O5S. The smallest absolute Gasteiger partial charge is 0.323 e. The second-order valence-corrected chi connectivity index (χ2v) is 6.25. The Kier molecular flexibility index (Phi) is 8.16. The van der Waals surface area contributed by atoms with Gasteiger partial charge < -0.3 is 15.3 Å². The Bertz CT molecular complexity index is 424. The summed E-state index contributed by atoms with van der Waals surface area (Å²) in [4.78, 5) is 23.8. The van der Waals surface area contributed by atoms with Gasteiger partial charge in [-0.2, -0.15) is 0 Å². The average Bonchev–Trinajstić information content (AvgIpc) is 2.34. The minimum Gasteiger partial charge on any atom is -0.480 e. The molecule has 1 unspecified atom stereocenters. The van der Waals surface area contributed by atoms with Gasteiger partial charge in [0.25, 0.3) is 0 Å². The minimum absolute atomic E-state index is 0.0687. The van der Waals surface area contributed by atoms with Gasteiger partial charge in [0.2, 0.25) is 10.0 Å². The Balaban J connectivity index is 4.44. The molecule has 20 heavy (non-hydrogen) atoms. The lowest BCUT2D eigenvalue weighted by atomic mass is 10.2. The van der Waals surface area contributed by atoms with Crippen molar-refractivity contribution < 1.29 is 23.1 Å². The Labute approximate surface area is 119 Å². The van der Waals surface area contributed by atoms with Gasteiger partial charge in [-0.25, -0.2) is 17.9 Å². The number of carboxylic acids is 1. The summed E-state index contributed by atoms with van der Waals surface area (Å²) >= 11 is 0. The highest BCUT2D eigenvalue weighted by Crippen LogP contribution is 2.03. The summed E-state index contributed by atoms with van der Waals surface area (Å²) in [6, 6.07) is -0.815. The van der Waals surface area contributed by atoms with E-state index in [0.29, 0.717) is 6.42 Å². The van der Waals surface area contributed by atoms with Gasteiger partial charge in [0.15, 0.2) is 0 Å². The molecule has 0 aliphatic carbocycles. The molecule has 0 saturated carbocycles. The quantitative estimate of drug-likeness (QED) is 0.546. The number of carbonyl (C=O) groups is 2. The number of nitrogens with zero attached hydrogens (tertiary/aromatic N) is 1. The minimum atomic E-state index is -3.40. The maximum absolute atomic E-state index is 11.9. The highest BCUT2D eigenvalue weighted by atomic mass is 32.2. The summed E-state index contributed by atoms with van der Waals surface area (Å²) in [6.07, 6.45) is 0.608. The predicted octanol–water partition coefficient (Wildman–Crippen LogP) is -0.180. The van der Waals surface area contributed by atoms with E-state index in [2.05, 4.69) is 10.0 Å². The van der Waals surface area contributed by atoms with Crippen LogP contribution in [0.5, 0.6) is 0 Å². The fraction of sp³-hybridized carbons (Fsp3) is 0.818. The van der Waals surface area contributed by atoms with Crippen LogP contribution in [0, 0.1) is 0 Å². The normalized spacial score (nSPS) is 12.8. The van der Waals surface area contributed by atoms with E-state index >= 15 is 0 Å². The van der Waals surface area contributed by atoms with Crippen molar-refractivity contribution in [2.24, 2.45) is 0 Å². The molecule has 1 atom stereocenters. The first-order valence-electron chi connectivity index (χ1n) is 6.47. The fourth-order valence-electron chi connectivity index (χ4n) is 1.48. The van der Waals surface area contributed by atoms with Gasteiger partial charge in [0, 0.05) is 19.1 Å². The van der Waals surface area contributed by atoms with E-state index in [4.69, 9.17) is 5.11 Å². The fourth-order valence-corrected chi connectivity index (χ4v) is 2.43. The summed E-state index contributed by atoms with van der Waals surface area (Å²) < 4.78 is 25.1. The lowest BCUT2D eigenvalue weighted by Gasteiger charge is -2.27. The molecule has 0 saturated heterocycles. The zero-order valence-corrected chi connectivity index (χ0v) is 12.9. The van der Waals surface area contributed by atoms with Crippen molar-refractivity contribution >= 4 is 22.0 Å². The number of aliphatic carboxylic acids is 1. The largest absolute Gasteiger partial charge is 0.480 e. The Morgan fingerprint density at radius 3 is 2.35 bits per heavy atom. The van der Waals surface area contributed by atoms with Gasteiger partial charge in [-0.15, -0.1) is 0 Å². The van der Waals surface area contributed by atoms with E-state index in [1.165, 1.54) is 4.90 Å². The summed E-state index contributed by atoms with van der Waals surface area (Å²) in [7, 11) is -3.40. The standard InChI is InChI=1S/C11H23N3O5S/c1-4-9(3)14(8-10(15)16)11(17)12-6-7-20(18,19)13-5-2/h9,13H,4-8H2,1-3H3,(H,12,17)(H,15,16). The van der Waals surface area contributed by atoms with E-state index in [9.17, 15) is 18.0 Å². The molecular weight excluding hydrogens is 286 g/mol. The van der Waals surface area contributed by atoms with Crippen LogP contribution >= 0.6 is 0 Å². The van der Waals surface area contributed by atoms with Crippen molar-refractivity contribution in [1.82, 2.24) is 14.9 Å². The lowest BCUT2D eigenvalue weighted by Crippen LogP contribution is -2.48. The van der Waals surface area contributed by atoms with Crippen LogP contribution in [0.1, 0.15) is 27.2 Å². The number of amides is 2. The van der Waals surface area contributed by atoms with E-state index in [0.717, 1.165) is 0 Å². The van der Waals surface area contributed by atoms with Crippen molar-refractivity contribution in [3.63, 3.8) is 0 Å². The maximum atomic E-state index is 11.9. The molecule has 0 radical (unpaired) electrons. The molecule has 0 aromatic heterocycles. The summed E-state index contributed by atoms with van der Waals surface area (Å²) in [5.41, 5.74) is 0. The number of rotatable bonds is 9. The molecule has 0 bridgehead atoms. The monoisotopic (exact) mass is 309 g/mol. The van der Waals surface area contributed by atoms with Crippen molar-refractivity contribution in [3.8, 4) is 0 Å². The van der Waals surface area contributed by atoms with Crippen LogP contribution < -0.4 is 10.0 Å². The third-order valence-electron chi connectivity index (χ3n) is 2.70. The first-order chi connectivity index (χ1) is 9.23. The molecule has 0 rings (SSSR count). The van der Waals surface area contributed by atoms with Crippen LogP contribution in [0.25, 0.3) is 0 Å². The average molecular weight is 309 g/mol. The predicted molar refractivity (Wildman–Crippen MR) is 75.0 cm³/mol. The van der Waals surface area contributed by atoms with Crippen LogP contribution in [0.3, 0.4) is 0 Å². The van der Waals surface area contributed by atoms with Gasteiger partial charge in [0.05, 0.1) is 5.75 Å². The molecule has 8 nitrogen and oxygen atoms in total. The van der Waals surface area contributed by atoms with Crippen molar-refractivity contribution in [2.75, 3.05) is 25.4 Å². The lowest BCUT2D eigenvalue weighted by molar-refractivity contribution is -0.138. The Hall–Kier alpha value is -1.35. The molecule has 0 heterocycles. The molecule has 0 aromatic rings. The van der Waals surface area contributed by atoms with Crippen LogP contribution in [-0.4, -0.2) is 61.9 Å². The number of carbonyl (C=O) groups excluding carboxylic acids is 1. The van der Waals surface area contributed by atoms with E-state index in [1.807, 2.05) is 6.92 Å². The van der Waals surface area contributed by atoms with Crippen LogP contribution in [0.15, 0.2) is 0 Å². The third kappa shape index (κ3) is 7.29. The maximum Gasteiger partial charge on any atom is 0.323 e. The molecule has 9 heteroatoms. The third-order valence-corrected chi connectivity index (χ3v) is 4.17. The molecule has 0 aliphatic heterocycles. The molecule has 2 amide bonds. The number of urea groups is 1. The second kappa shape index (κ2) is 8.75. The van der Waals surface area contributed by atoms with Gasteiger partial charge in [-0.1, -0.05) is 13.8 Å². The molecule has 0 aromatic carbocycles. The van der Waals surface area contributed by atoms with Crippen molar-refractivity contribution in [3.05, 3.63) is 0 Å². The molecule has 0 aliphatic rings. The Morgan fingerprint density at radius 2 is 1.90 bits per heavy atom. The molecule has 3 N–H and O–H groups in total. The first-order valence-corrected chi connectivity index (χ1v) is 8.12. The summed E-state index contributed by atoms with van der Waals surface area (Å²) in [6.45, 7) is 5.03. The van der Waals surface area contributed by atoms with Crippen molar-refractivity contribution in [1.29, 1.82) is 0 Å². The number of carboxylic acid groups (broad SMARTS) is 1. The zero-order valence-electron chi connectivity index (χ0n) is 12.0. The summed E-state index contributed by atoms with van der Waals surface area (Å²) in [5.74, 6) is -1.35. The van der Waals surface area contributed by atoms with E-state index < -0.39 is 28.6 Å². The van der Waals surface area contributed by atoms with Gasteiger partial charge in [-0.05, 0) is 13.3 Å². The van der Waals surface area contributed by atoms with Crippen molar-refractivity contribution in [2.45, 2.75) is 33.2 Å². The van der Waals surface area contributed by atoms with Gasteiger partial charge in [-0.3, -0.25) is 4.79 Å². The Morgan fingerprint density at radius 1 is 1.30 bits per heavy atom. The second-order valence-electron chi connectivity index (χ2n) is 4.33. The van der Waals surface area contributed by atoms with Crippen LogP contribution in [0.4, 0.5) is 4.79 Å². The van der Waals surface area contributed by atoms with Gasteiger partial charge >= 0.3 is 12.0 Å². The highest BCUT2D eigenvalue weighted by molar-refractivity contribution is 7.89.